The molecule has 0 amide bonds. The Labute approximate surface area is 165 Å². The minimum absolute atomic E-state index is 0.207. The number of hydrogen-bond donors (Lipinski definition) is 2. The summed E-state index contributed by atoms with van der Waals surface area (Å²) in [5, 5.41) is 0. The van der Waals surface area contributed by atoms with Crippen LogP contribution in [0.4, 0.5) is 17.5 Å². The van der Waals surface area contributed by atoms with Gasteiger partial charge in [0, 0.05) is 50.2 Å². The fourth-order valence-corrected chi connectivity index (χ4v) is 3.77. The summed E-state index contributed by atoms with van der Waals surface area (Å²) in [6.45, 7) is 7.16. The monoisotopic (exact) mass is 384 g/mol. The normalized spacial score (nSPS) is 16.9. The molecule has 3 heterocycles. The fourth-order valence-electron chi connectivity index (χ4n) is 3.77. The molecule has 0 radical (unpaired) electrons. The Balaban J connectivity index is 1.30. The highest BCUT2D eigenvalue weighted by Crippen LogP contribution is 2.32. The van der Waals surface area contributed by atoms with E-state index in [2.05, 4.69) is 38.0 Å². The maximum absolute atomic E-state index is 5.98. The van der Waals surface area contributed by atoms with Crippen molar-refractivity contribution < 1.29 is 9.47 Å². The number of ether oxygens (including phenoxy) is 2. The Kier molecular flexibility index (Phi) is 5.78. The molecule has 8 heteroatoms. The van der Waals surface area contributed by atoms with Gasteiger partial charge in [-0.1, -0.05) is 0 Å². The second kappa shape index (κ2) is 8.62. The molecule has 0 unspecified atom stereocenters. The van der Waals surface area contributed by atoms with E-state index in [0.29, 0.717) is 12.4 Å². The largest absolute Gasteiger partial charge is 0.494 e. The highest BCUT2D eigenvalue weighted by molar-refractivity contribution is 5.61. The Morgan fingerprint density at radius 1 is 1.14 bits per heavy atom. The molecule has 0 aliphatic carbocycles. The lowest BCUT2D eigenvalue weighted by Crippen LogP contribution is -2.37. The van der Waals surface area contributed by atoms with Crippen LogP contribution in [0.25, 0.3) is 0 Å². The molecule has 4 N–H and O–H groups in total. The second-order valence-electron chi connectivity index (χ2n) is 7.26. The van der Waals surface area contributed by atoms with Crippen LogP contribution in [0.3, 0.4) is 0 Å². The second-order valence-corrected chi connectivity index (χ2v) is 7.26. The summed E-state index contributed by atoms with van der Waals surface area (Å²) in [5.74, 6) is 1.59. The van der Waals surface area contributed by atoms with E-state index in [4.69, 9.17) is 20.9 Å². The average Bonchev–Trinajstić information content (AvgIpc) is 3.10. The third-order valence-corrected chi connectivity index (χ3v) is 5.31. The lowest BCUT2D eigenvalue weighted by Gasteiger charge is -2.26. The highest BCUT2D eigenvalue weighted by Gasteiger charge is 2.21. The zero-order valence-electron chi connectivity index (χ0n) is 16.1. The quantitative estimate of drug-likeness (QED) is 0.689. The molecule has 0 atom stereocenters. The van der Waals surface area contributed by atoms with E-state index in [1.165, 1.54) is 11.3 Å². The molecule has 1 aromatic heterocycles. The van der Waals surface area contributed by atoms with Crippen molar-refractivity contribution in [2.24, 2.45) is 0 Å². The van der Waals surface area contributed by atoms with Crippen molar-refractivity contribution in [1.29, 1.82) is 0 Å². The van der Waals surface area contributed by atoms with Gasteiger partial charge in [-0.25, -0.2) is 4.98 Å². The van der Waals surface area contributed by atoms with Crippen LogP contribution in [0.5, 0.6) is 5.75 Å². The van der Waals surface area contributed by atoms with Gasteiger partial charge in [0.1, 0.15) is 11.6 Å². The Bertz CT molecular complexity index is 809. The molecule has 0 spiro atoms. The maximum Gasteiger partial charge on any atom is 0.221 e. The molecule has 2 aromatic rings. The van der Waals surface area contributed by atoms with Crippen LogP contribution >= 0.6 is 0 Å². The molecule has 28 heavy (non-hydrogen) atoms. The summed E-state index contributed by atoms with van der Waals surface area (Å²) >= 11 is 0. The lowest BCUT2D eigenvalue weighted by molar-refractivity contribution is 0.0358. The van der Waals surface area contributed by atoms with Gasteiger partial charge >= 0.3 is 0 Å². The molecule has 1 saturated heterocycles. The number of morpholine rings is 1. The topological polar surface area (TPSA) is 103 Å². The Hall–Kier alpha value is -2.58. The van der Waals surface area contributed by atoms with Gasteiger partial charge in [-0.3, -0.25) is 4.90 Å². The van der Waals surface area contributed by atoms with E-state index in [-0.39, 0.29) is 5.95 Å². The molecule has 1 fully saturated rings. The molecule has 2 aliphatic heterocycles. The van der Waals surface area contributed by atoms with Crippen molar-refractivity contribution in [3.63, 3.8) is 0 Å². The van der Waals surface area contributed by atoms with Crippen molar-refractivity contribution in [2.45, 2.75) is 19.4 Å². The van der Waals surface area contributed by atoms with E-state index in [9.17, 15) is 0 Å². The van der Waals surface area contributed by atoms with Crippen LogP contribution in [0, 0.1) is 0 Å². The minimum atomic E-state index is 0.207. The van der Waals surface area contributed by atoms with Gasteiger partial charge in [0.05, 0.1) is 19.8 Å². The van der Waals surface area contributed by atoms with Crippen LogP contribution in [0.15, 0.2) is 24.4 Å². The first-order chi connectivity index (χ1) is 13.7. The zero-order chi connectivity index (χ0) is 19.3. The van der Waals surface area contributed by atoms with Gasteiger partial charge in [-0.05, 0) is 36.6 Å². The van der Waals surface area contributed by atoms with Crippen molar-refractivity contribution >= 4 is 17.5 Å². The fraction of sp³-hybridized carbons (Fsp3) is 0.500. The van der Waals surface area contributed by atoms with Crippen molar-refractivity contribution in [2.75, 3.05) is 62.4 Å². The SMILES string of the molecule is Nc1ncc(CN2CCc3cc(OCCCN4CCOCC4)ccc32)c(N)n1. The van der Waals surface area contributed by atoms with E-state index in [1.807, 2.05) is 0 Å². The summed E-state index contributed by atoms with van der Waals surface area (Å²) in [5.41, 5.74) is 15.0. The highest BCUT2D eigenvalue weighted by atomic mass is 16.5. The molecule has 2 aliphatic rings. The number of rotatable bonds is 7. The number of nitrogens with zero attached hydrogens (tertiary/aromatic N) is 4. The van der Waals surface area contributed by atoms with Gasteiger partial charge in [0.15, 0.2) is 0 Å². The molecule has 0 saturated carbocycles. The molecule has 8 nitrogen and oxygen atoms in total. The summed E-state index contributed by atoms with van der Waals surface area (Å²) in [6.07, 6.45) is 3.73. The number of benzene rings is 1. The van der Waals surface area contributed by atoms with E-state index in [0.717, 1.165) is 70.2 Å². The third kappa shape index (κ3) is 4.45. The predicted molar refractivity (Wildman–Crippen MR) is 109 cm³/mol. The molecular weight excluding hydrogens is 356 g/mol. The molecule has 150 valence electrons. The number of nitrogens with two attached hydrogens (primary N) is 2. The lowest BCUT2D eigenvalue weighted by atomic mass is 10.1. The van der Waals surface area contributed by atoms with Gasteiger partial charge in [0.2, 0.25) is 5.95 Å². The molecule has 1 aromatic carbocycles. The third-order valence-electron chi connectivity index (χ3n) is 5.31. The minimum Gasteiger partial charge on any atom is -0.494 e. The number of anilines is 3. The average molecular weight is 384 g/mol. The van der Waals surface area contributed by atoms with Crippen LogP contribution in [0.2, 0.25) is 0 Å². The van der Waals surface area contributed by atoms with Crippen LogP contribution in [-0.4, -0.2) is 60.9 Å². The van der Waals surface area contributed by atoms with Gasteiger partial charge in [-0.2, -0.15) is 4.98 Å². The standard InChI is InChI=1S/C20H28N6O2/c21-19-16(13-23-20(22)24-19)14-26-6-4-15-12-17(2-3-18(15)26)28-9-1-5-25-7-10-27-11-8-25/h2-3,12-13H,1,4-11,14H2,(H4,21,22,23,24). The molecule has 4 rings (SSSR count). The summed E-state index contributed by atoms with van der Waals surface area (Å²) in [4.78, 5) is 12.8. The first kappa shape index (κ1) is 18.8. The first-order valence-corrected chi connectivity index (χ1v) is 9.87. The van der Waals surface area contributed by atoms with Gasteiger partial charge < -0.3 is 25.8 Å². The summed E-state index contributed by atoms with van der Waals surface area (Å²) in [7, 11) is 0. The number of hydrogen-bond acceptors (Lipinski definition) is 8. The smallest absolute Gasteiger partial charge is 0.221 e. The summed E-state index contributed by atoms with van der Waals surface area (Å²) in [6, 6.07) is 6.34. The predicted octanol–water partition coefficient (Wildman–Crippen LogP) is 1.30. The van der Waals surface area contributed by atoms with Crippen molar-refractivity contribution in [3.05, 3.63) is 35.5 Å². The van der Waals surface area contributed by atoms with Gasteiger partial charge in [0.25, 0.3) is 0 Å². The Morgan fingerprint density at radius 2 is 2.00 bits per heavy atom. The number of aromatic nitrogens is 2. The van der Waals surface area contributed by atoms with Crippen molar-refractivity contribution in [1.82, 2.24) is 14.9 Å². The number of nitrogen functional groups attached to an aromatic ring is 2. The van der Waals surface area contributed by atoms with Crippen LogP contribution in [0.1, 0.15) is 17.5 Å². The van der Waals surface area contributed by atoms with Crippen molar-refractivity contribution in [3.8, 4) is 5.75 Å². The van der Waals surface area contributed by atoms with Gasteiger partial charge in [-0.15, -0.1) is 0 Å². The van der Waals surface area contributed by atoms with Crippen LogP contribution in [-0.2, 0) is 17.7 Å². The Morgan fingerprint density at radius 3 is 2.82 bits per heavy atom. The van der Waals surface area contributed by atoms with E-state index in [1.54, 1.807) is 6.20 Å². The number of fused-ring (bicyclic) bond motifs is 1. The molecule has 0 bridgehead atoms. The summed E-state index contributed by atoms with van der Waals surface area (Å²) < 4.78 is 11.4. The maximum atomic E-state index is 5.98. The van der Waals surface area contributed by atoms with E-state index >= 15 is 0 Å². The molecular formula is C20H28N6O2. The van der Waals surface area contributed by atoms with Crippen LogP contribution < -0.4 is 21.1 Å². The van der Waals surface area contributed by atoms with E-state index < -0.39 is 0 Å². The first-order valence-electron chi connectivity index (χ1n) is 9.87. The zero-order valence-corrected chi connectivity index (χ0v) is 16.1.